The molecule has 4 nitrogen and oxygen atoms in total. The zero-order chi connectivity index (χ0) is 19.2. The monoisotopic (exact) mass is 359 g/mol. The summed E-state index contributed by atoms with van der Waals surface area (Å²) in [5.74, 6) is 1.53. The average molecular weight is 359 g/mol. The molecule has 4 rings (SSSR count). The van der Waals surface area contributed by atoms with E-state index in [1.165, 1.54) is 5.69 Å². The first kappa shape index (κ1) is 17.8. The molecule has 2 aliphatic rings. The Balaban J connectivity index is 1.95. The fourth-order valence-electron chi connectivity index (χ4n) is 5.01. The van der Waals surface area contributed by atoms with Gasteiger partial charge >= 0.3 is 0 Å². The molecule has 1 N–H and O–H groups in total. The lowest BCUT2D eigenvalue weighted by atomic mass is 9.58. The summed E-state index contributed by atoms with van der Waals surface area (Å²) in [6.45, 7) is 8.63. The summed E-state index contributed by atoms with van der Waals surface area (Å²) < 4.78 is 2.21. The van der Waals surface area contributed by atoms with Crippen LogP contribution in [0.25, 0.3) is 5.69 Å². The Morgan fingerprint density at radius 3 is 2.78 bits per heavy atom. The number of nitriles is 1. The fourth-order valence-corrected chi connectivity index (χ4v) is 5.01. The second-order valence-electron chi connectivity index (χ2n) is 7.88. The number of benzene rings is 1. The molecule has 2 aliphatic carbocycles. The molecule has 1 unspecified atom stereocenters. The highest BCUT2D eigenvalue weighted by Gasteiger charge is 2.48. The molecule has 0 saturated heterocycles. The normalized spacial score (nSPS) is 26.7. The van der Waals surface area contributed by atoms with E-state index >= 15 is 0 Å². The van der Waals surface area contributed by atoms with E-state index in [1.54, 1.807) is 0 Å². The van der Waals surface area contributed by atoms with E-state index in [-0.39, 0.29) is 17.9 Å². The summed E-state index contributed by atoms with van der Waals surface area (Å²) in [6, 6.07) is 12.6. The number of para-hydroxylation sites is 1. The molecule has 3 atom stereocenters. The summed E-state index contributed by atoms with van der Waals surface area (Å²) in [6.07, 6.45) is 4.58. The van der Waals surface area contributed by atoms with Gasteiger partial charge in [-0.1, -0.05) is 44.7 Å². The Morgan fingerprint density at radius 2 is 2.11 bits per heavy atom. The van der Waals surface area contributed by atoms with Crippen molar-refractivity contribution in [1.82, 2.24) is 9.55 Å². The molecule has 1 aromatic carbocycles. The van der Waals surface area contributed by atoms with Crippen molar-refractivity contribution in [2.75, 3.05) is 6.61 Å². The zero-order valence-corrected chi connectivity index (χ0v) is 15.9. The van der Waals surface area contributed by atoms with Crippen LogP contribution in [0.3, 0.4) is 0 Å². The van der Waals surface area contributed by atoms with Gasteiger partial charge < -0.3 is 9.67 Å². The third-order valence-corrected chi connectivity index (χ3v) is 6.43. The maximum Gasteiger partial charge on any atom is 0.116 e. The number of nitrogens with zero attached hydrogens (tertiary/aromatic N) is 3. The van der Waals surface area contributed by atoms with Gasteiger partial charge in [-0.2, -0.15) is 5.26 Å². The van der Waals surface area contributed by atoms with Crippen LogP contribution in [0.15, 0.2) is 54.1 Å². The number of aliphatic hydroxyl groups excluding tert-OH is 1. The minimum absolute atomic E-state index is 0.0648. The summed E-state index contributed by atoms with van der Waals surface area (Å²) in [4.78, 5) is 5.02. The maximum atomic E-state index is 9.62. The fraction of sp³-hybridized carbons (Fsp3) is 0.391. The average Bonchev–Trinajstić information content (AvgIpc) is 3.05. The van der Waals surface area contributed by atoms with Crippen LogP contribution in [0.2, 0.25) is 0 Å². The van der Waals surface area contributed by atoms with Gasteiger partial charge in [-0.25, -0.2) is 4.98 Å². The second-order valence-corrected chi connectivity index (χ2v) is 7.88. The molecule has 0 aliphatic heterocycles. The number of imidazole rings is 1. The maximum absolute atomic E-state index is 9.62. The molecular weight excluding hydrogens is 334 g/mol. The number of hydrogen-bond acceptors (Lipinski definition) is 3. The van der Waals surface area contributed by atoms with Gasteiger partial charge in [-0.3, -0.25) is 0 Å². The van der Waals surface area contributed by atoms with E-state index in [4.69, 9.17) is 4.98 Å². The molecule has 0 saturated carbocycles. The Hall–Kier alpha value is -2.64. The van der Waals surface area contributed by atoms with Crippen LogP contribution in [-0.4, -0.2) is 21.3 Å². The molecule has 0 fully saturated rings. The van der Waals surface area contributed by atoms with E-state index in [1.807, 2.05) is 18.2 Å². The Kier molecular flexibility index (Phi) is 4.28. The van der Waals surface area contributed by atoms with Crippen molar-refractivity contribution < 1.29 is 5.11 Å². The van der Waals surface area contributed by atoms with Crippen molar-refractivity contribution in [2.45, 2.75) is 38.5 Å². The van der Waals surface area contributed by atoms with Gasteiger partial charge in [-0.15, -0.1) is 0 Å². The highest BCUT2D eigenvalue weighted by molar-refractivity contribution is 5.52. The van der Waals surface area contributed by atoms with Crippen molar-refractivity contribution in [3.63, 3.8) is 0 Å². The van der Waals surface area contributed by atoms with Gasteiger partial charge in [0.05, 0.1) is 23.9 Å². The Morgan fingerprint density at radius 1 is 1.37 bits per heavy atom. The highest BCUT2D eigenvalue weighted by Crippen LogP contribution is 2.52. The number of rotatable bonds is 3. The summed E-state index contributed by atoms with van der Waals surface area (Å²) in [5, 5.41) is 19.2. The van der Waals surface area contributed by atoms with Gasteiger partial charge in [0.15, 0.2) is 0 Å². The molecule has 1 aromatic heterocycles. The van der Waals surface area contributed by atoms with E-state index in [0.29, 0.717) is 17.9 Å². The highest BCUT2D eigenvalue weighted by atomic mass is 16.3. The van der Waals surface area contributed by atoms with E-state index in [9.17, 15) is 10.4 Å². The van der Waals surface area contributed by atoms with Crippen molar-refractivity contribution in [3.8, 4) is 11.8 Å². The number of hydrogen-bond donors (Lipinski definition) is 1. The van der Waals surface area contributed by atoms with Crippen LogP contribution in [0.5, 0.6) is 0 Å². The van der Waals surface area contributed by atoms with E-state index < -0.39 is 0 Å². The van der Waals surface area contributed by atoms with Crippen LogP contribution in [0.1, 0.15) is 37.5 Å². The first-order valence-electron chi connectivity index (χ1n) is 9.60. The Labute approximate surface area is 160 Å². The third-order valence-electron chi connectivity index (χ3n) is 6.43. The van der Waals surface area contributed by atoms with Gasteiger partial charge in [0, 0.05) is 23.2 Å². The molecule has 2 aromatic rings. The summed E-state index contributed by atoms with van der Waals surface area (Å²) in [7, 11) is 0. The lowest BCUT2D eigenvalue weighted by Crippen LogP contribution is -2.43. The van der Waals surface area contributed by atoms with Gasteiger partial charge in [0.25, 0.3) is 0 Å². The molecule has 27 heavy (non-hydrogen) atoms. The predicted octanol–water partition coefficient (Wildman–Crippen LogP) is 3.88. The number of fused-ring (bicyclic) bond motifs is 3. The minimum atomic E-state index is -0.288. The van der Waals surface area contributed by atoms with Crippen molar-refractivity contribution >= 4 is 0 Å². The molecule has 1 heterocycles. The predicted molar refractivity (Wildman–Crippen MR) is 106 cm³/mol. The number of aromatic nitrogens is 2. The smallest absolute Gasteiger partial charge is 0.116 e. The van der Waals surface area contributed by atoms with Crippen LogP contribution >= 0.6 is 0 Å². The Bertz CT molecular complexity index is 963. The lowest BCUT2D eigenvalue weighted by molar-refractivity contribution is 0.231. The van der Waals surface area contributed by atoms with Crippen LogP contribution < -0.4 is 0 Å². The summed E-state index contributed by atoms with van der Waals surface area (Å²) >= 11 is 0. The van der Waals surface area contributed by atoms with E-state index in [0.717, 1.165) is 35.6 Å². The number of aliphatic hydroxyl groups is 1. The van der Waals surface area contributed by atoms with Crippen LogP contribution in [0.4, 0.5) is 0 Å². The topological polar surface area (TPSA) is 61.8 Å². The van der Waals surface area contributed by atoms with Crippen LogP contribution in [0, 0.1) is 23.2 Å². The van der Waals surface area contributed by atoms with Gasteiger partial charge in [-0.05, 0) is 42.4 Å². The molecule has 0 bridgehead atoms. The van der Waals surface area contributed by atoms with E-state index in [2.05, 4.69) is 49.3 Å². The van der Waals surface area contributed by atoms with Gasteiger partial charge in [0.2, 0.25) is 0 Å². The van der Waals surface area contributed by atoms with Gasteiger partial charge in [0.1, 0.15) is 5.82 Å². The van der Waals surface area contributed by atoms with Crippen LogP contribution in [-0.2, 0) is 18.3 Å². The standard InChI is InChI=1S/C23H25N3O/c1-15-16(2)19-9-10-20-22(23(19,3)13-17(15)14-24)25-21(11-12-27)26(20)18-7-5-4-6-8-18/h4-8,13,16,19,27H,1,9-12H2,2-3H3/t16-,19+,23?/m1/s1. The lowest BCUT2D eigenvalue weighted by Gasteiger charge is -2.46. The molecule has 0 spiro atoms. The SMILES string of the molecule is C=C1C(C#N)=CC2(C)c3nc(CCO)n(-c4ccccc4)c3CC[C@H]2[C@@H]1C. The minimum Gasteiger partial charge on any atom is -0.396 e. The largest absolute Gasteiger partial charge is 0.396 e. The van der Waals surface area contributed by atoms with Crippen molar-refractivity contribution in [1.29, 1.82) is 5.26 Å². The first-order chi connectivity index (χ1) is 13.0. The molecule has 138 valence electrons. The zero-order valence-electron chi connectivity index (χ0n) is 15.9. The third kappa shape index (κ3) is 2.57. The molecule has 4 heteroatoms. The second kappa shape index (κ2) is 6.51. The molecule has 0 radical (unpaired) electrons. The molecule has 0 amide bonds. The summed E-state index contributed by atoms with van der Waals surface area (Å²) in [5.41, 5.74) is 4.68. The van der Waals surface area contributed by atoms with Crippen molar-refractivity contribution in [2.24, 2.45) is 11.8 Å². The molecular formula is C23H25N3O. The first-order valence-corrected chi connectivity index (χ1v) is 9.60. The quantitative estimate of drug-likeness (QED) is 0.904. The van der Waals surface area contributed by atoms with Crippen molar-refractivity contribution in [3.05, 3.63) is 71.3 Å². The number of allylic oxidation sites excluding steroid dienone is 3.